The molecule has 0 unspecified atom stereocenters. The Morgan fingerprint density at radius 2 is 1.81 bits per heavy atom. The lowest BCUT2D eigenvalue weighted by atomic mass is 9.70. The van der Waals surface area contributed by atoms with E-state index in [1.807, 2.05) is 6.92 Å². The number of halogens is 1. The van der Waals surface area contributed by atoms with Crippen molar-refractivity contribution in [2.45, 2.75) is 88.5 Å². The second-order valence-corrected chi connectivity index (χ2v) is 12.8. The van der Waals surface area contributed by atoms with Crippen molar-refractivity contribution < 1.29 is 22.4 Å². The Kier molecular flexibility index (Phi) is 7.75. The molecule has 1 saturated heterocycles. The van der Waals surface area contributed by atoms with Crippen molar-refractivity contribution in [1.29, 1.82) is 0 Å². The van der Waals surface area contributed by atoms with Crippen LogP contribution in [0.5, 0.6) is 0 Å². The number of likely N-dealkylation sites (tertiary alicyclic amines) is 1. The van der Waals surface area contributed by atoms with Gasteiger partial charge in [0.2, 0.25) is 11.8 Å². The molecule has 3 aliphatic rings. The highest BCUT2D eigenvalue weighted by molar-refractivity contribution is 7.89. The number of nitrogens with zero attached hydrogens (tertiary/aromatic N) is 2. The lowest BCUT2D eigenvalue weighted by Crippen LogP contribution is -2.56. The fraction of sp³-hybridized carbons (Fsp3) is 0.615. The Morgan fingerprint density at radius 3 is 2.44 bits per heavy atom. The van der Waals surface area contributed by atoms with Gasteiger partial charge in [0, 0.05) is 37.6 Å². The lowest BCUT2D eigenvalue weighted by Gasteiger charge is -2.47. The maximum atomic E-state index is 13.6. The molecule has 0 aromatic heterocycles. The van der Waals surface area contributed by atoms with Gasteiger partial charge in [0.25, 0.3) is 10.0 Å². The van der Waals surface area contributed by atoms with Crippen LogP contribution in [0.4, 0.5) is 4.39 Å². The van der Waals surface area contributed by atoms with Gasteiger partial charge in [-0.1, -0.05) is 31.5 Å². The number of hydrogen-bond donors (Lipinski definition) is 2. The third-order valence-electron chi connectivity index (χ3n) is 7.84. The Labute approximate surface area is 213 Å². The van der Waals surface area contributed by atoms with E-state index in [2.05, 4.69) is 29.4 Å². The average Bonchev–Trinajstić information content (AvgIpc) is 2.82. The molecule has 198 valence electrons. The highest BCUT2D eigenvalue weighted by Crippen LogP contribution is 2.39. The molecule has 1 aromatic carbocycles. The molecule has 8 nitrogen and oxygen atoms in total. The third-order valence-corrected chi connectivity index (χ3v) is 9.64. The zero-order valence-electron chi connectivity index (χ0n) is 21.2. The highest BCUT2D eigenvalue weighted by atomic mass is 32.2. The fourth-order valence-electron chi connectivity index (χ4n) is 5.61. The van der Waals surface area contributed by atoms with Crippen molar-refractivity contribution in [3.8, 4) is 0 Å². The molecule has 1 aliphatic carbocycles. The summed E-state index contributed by atoms with van der Waals surface area (Å²) in [7, 11) is -4.01. The summed E-state index contributed by atoms with van der Waals surface area (Å²) in [6.45, 7) is 7.65. The molecule has 4 rings (SSSR count). The topological polar surface area (TPSA) is 98.8 Å². The van der Waals surface area contributed by atoms with Crippen LogP contribution in [-0.4, -0.2) is 66.8 Å². The predicted octanol–water partition coefficient (Wildman–Crippen LogP) is 2.84. The van der Waals surface area contributed by atoms with Crippen LogP contribution in [0.2, 0.25) is 0 Å². The van der Waals surface area contributed by atoms with Gasteiger partial charge < -0.3 is 15.5 Å². The van der Waals surface area contributed by atoms with E-state index in [9.17, 15) is 22.4 Å². The number of sulfonamides is 1. The molecule has 0 spiro atoms. The summed E-state index contributed by atoms with van der Waals surface area (Å²) in [5, 5.41) is 5.61. The molecule has 36 heavy (non-hydrogen) atoms. The van der Waals surface area contributed by atoms with Gasteiger partial charge in [0.15, 0.2) is 0 Å². The van der Waals surface area contributed by atoms with Gasteiger partial charge in [-0.25, -0.2) is 12.8 Å². The van der Waals surface area contributed by atoms with Crippen molar-refractivity contribution in [2.75, 3.05) is 13.1 Å². The van der Waals surface area contributed by atoms with E-state index in [1.54, 1.807) is 12.1 Å². The summed E-state index contributed by atoms with van der Waals surface area (Å²) < 4.78 is 41.1. The molecular weight excluding hydrogens is 483 g/mol. The molecule has 1 aromatic rings. The van der Waals surface area contributed by atoms with Crippen LogP contribution in [0.1, 0.15) is 57.9 Å². The Morgan fingerprint density at radius 1 is 1.14 bits per heavy atom. The van der Waals surface area contributed by atoms with Gasteiger partial charge in [0.05, 0.1) is 11.3 Å². The first-order valence-electron chi connectivity index (χ1n) is 12.7. The maximum absolute atomic E-state index is 13.6. The number of hydrogen-bond acceptors (Lipinski definition) is 5. The monoisotopic (exact) mass is 520 g/mol. The van der Waals surface area contributed by atoms with Gasteiger partial charge >= 0.3 is 0 Å². The second-order valence-electron chi connectivity index (χ2n) is 10.9. The zero-order valence-corrected chi connectivity index (χ0v) is 22.1. The van der Waals surface area contributed by atoms with Gasteiger partial charge in [-0.05, 0) is 56.6 Å². The fourth-order valence-corrected chi connectivity index (χ4v) is 7.06. The van der Waals surface area contributed by atoms with Crippen LogP contribution in [0.25, 0.3) is 0 Å². The van der Waals surface area contributed by atoms with Crippen molar-refractivity contribution in [3.05, 3.63) is 42.2 Å². The summed E-state index contributed by atoms with van der Waals surface area (Å²) >= 11 is 0. The first kappa shape index (κ1) is 26.6. The summed E-state index contributed by atoms with van der Waals surface area (Å²) in [5.41, 5.74) is 0.731. The van der Waals surface area contributed by atoms with E-state index in [0.717, 1.165) is 42.2 Å². The van der Waals surface area contributed by atoms with E-state index in [-0.39, 0.29) is 28.7 Å². The van der Waals surface area contributed by atoms with E-state index >= 15 is 0 Å². The number of amides is 2. The van der Waals surface area contributed by atoms with Crippen LogP contribution in [0.3, 0.4) is 0 Å². The Hall–Kier alpha value is -2.46. The van der Waals surface area contributed by atoms with E-state index in [1.165, 1.54) is 24.5 Å². The second kappa shape index (κ2) is 10.5. The maximum Gasteiger partial charge on any atom is 0.264 e. The number of piperidine rings is 1. The number of carbonyl (C=O) groups excluding carboxylic acids is 2. The van der Waals surface area contributed by atoms with Crippen LogP contribution >= 0.6 is 0 Å². The number of rotatable bonds is 6. The van der Waals surface area contributed by atoms with Crippen molar-refractivity contribution in [1.82, 2.24) is 19.8 Å². The van der Waals surface area contributed by atoms with E-state index < -0.39 is 28.1 Å². The van der Waals surface area contributed by atoms with Crippen LogP contribution in [0.15, 0.2) is 41.6 Å². The number of carbonyl (C=O) groups is 2. The predicted molar refractivity (Wildman–Crippen MR) is 135 cm³/mol. The number of benzene rings is 1. The van der Waals surface area contributed by atoms with Crippen LogP contribution < -0.4 is 10.6 Å². The largest absolute Gasteiger partial charge is 0.353 e. The third kappa shape index (κ3) is 5.75. The molecule has 10 heteroatoms. The molecule has 2 fully saturated rings. The first-order valence-corrected chi connectivity index (χ1v) is 14.2. The normalized spacial score (nSPS) is 27.5. The number of alkyl halides is 1. The molecule has 1 saturated carbocycles. The van der Waals surface area contributed by atoms with Gasteiger partial charge in [0.1, 0.15) is 12.2 Å². The summed E-state index contributed by atoms with van der Waals surface area (Å²) in [5.74, 6) is -0.896. The molecular formula is C26H37FN4O4S. The van der Waals surface area contributed by atoms with Crippen LogP contribution in [0, 0.1) is 12.3 Å². The van der Waals surface area contributed by atoms with E-state index in [0.29, 0.717) is 18.9 Å². The molecule has 2 heterocycles. The number of aryl methyl sites for hydroxylation is 1. The Bertz CT molecular complexity index is 1100. The zero-order chi connectivity index (χ0) is 26.1. The minimum Gasteiger partial charge on any atom is -0.353 e. The minimum atomic E-state index is -4.01. The molecule has 0 radical (unpaired) electrons. The van der Waals surface area contributed by atoms with Gasteiger partial charge in [-0.3, -0.25) is 13.9 Å². The SMILES string of the molecule is Cc1ccc(S(=O)(=O)N2C=CNC(=O)[C@H]2CC(=O)N[C@H]2CC[C@H](N3CCC(F)CC3)CC2(C)C)cc1. The molecule has 2 amide bonds. The van der Waals surface area contributed by atoms with Gasteiger partial charge in [-0.2, -0.15) is 0 Å². The lowest BCUT2D eigenvalue weighted by molar-refractivity contribution is -0.130. The smallest absolute Gasteiger partial charge is 0.264 e. The molecule has 3 atom stereocenters. The number of nitrogens with one attached hydrogen (secondary N) is 2. The van der Waals surface area contributed by atoms with E-state index in [4.69, 9.17) is 0 Å². The Balaban J connectivity index is 1.41. The minimum absolute atomic E-state index is 0.0640. The van der Waals surface area contributed by atoms with Gasteiger partial charge in [-0.15, -0.1) is 0 Å². The quantitative estimate of drug-likeness (QED) is 0.601. The highest BCUT2D eigenvalue weighted by Gasteiger charge is 2.42. The standard InChI is InChI=1S/C26H37FN4O4S/c1-18-4-7-21(8-5-18)36(34,35)31-15-12-28-25(33)22(31)16-24(32)29-23-9-6-20(17-26(23,2)3)30-13-10-19(27)11-14-30/h4-5,7-8,12,15,19-20,22-23H,6,9-11,13-14,16-17H2,1-3H3,(H,28,33)(H,29,32)/t20-,22+,23-/m0/s1. The summed E-state index contributed by atoms with van der Waals surface area (Å²) in [4.78, 5) is 28.2. The summed E-state index contributed by atoms with van der Waals surface area (Å²) in [6.07, 6.45) is 5.33. The summed E-state index contributed by atoms with van der Waals surface area (Å²) in [6, 6.07) is 5.48. The average molecular weight is 521 g/mol. The van der Waals surface area contributed by atoms with Crippen LogP contribution in [-0.2, 0) is 19.6 Å². The molecule has 0 bridgehead atoms. The molecule has 2 aliphatic heterocycles. The van der Waals surface area contributed by atoms with Crippen molar-refractivity contribution >= 4 is 21.8 Å². The first-order chi connectivity index (χ1) is 17.0. The van der Waals surface area contributed by atoms with Crippen molar-refractivity contribution in [3.63, 3.8) is 0 Å². The molecule has 2 N–H and O–H groups in total. The van der Waals surface area contributed by atoms with Crippen molar-refractivity contribution in [2.24, 2.45) is 5.41 Å².